The Hall–Kier alpha value is -2.80. The summed E-state index contributed by atoms with van der Waals surface area (Å²) in [5.74, 6) is 0.303. The van der Waals surface area contributed by atoms with Crippen LogP contribution in [-0.2, 0) is 6.54 Å². The zero-order valence-corrected chi connectivity index (χ0v) is 14.2. The highest BCUT2D eigenvalue weighted by Gasteiger charge is 2.08. The highest BCUT2D eigenvalue weighted by Crippen LogP contribution is 2.15. The highest BCUT2D eigenvalue weighted by atomic mass is 79.9. The fourth-order valence-corrected chi connectivity index (χ4v) is 2.22. The first-order valence-electron chi connectivity index (χ1n) is 7.22. The van der Waals surface area contributed by atoms with Crippen molar-refractivity contribution in [1.82, 2.24) is 15.0 Å². The molecule has 2 aromatic heterocycles. The maximum Gasteiger partial charge on any atom is 0.275 e. The first kappa shape index (κ1) is 16.1. The van der Waals surface area contributed by atoms with E-state index in [-0.39, 0.29) is 11.6 Å². The van der Waals surface area contributed by atoms with Crippen LogP contribution in [0.4, 0.5) is 11.5 Å². The van der Waals surface area contributed by atoms with Crippen LogP contribution in [0.3, 0.4) is 0 Å². The third kappa shape index (κ3) is 4.36. The number of aromatic nitrogens is 3. The van der Waals surface area contributed by atoms with Crippen LogP contribution in [0.2, 0.25) is 0 Å². The van der Waals surface area contributed by atoms with E-state index in [1.165, 1.54) is 12.4 Å². The van der Waals surface area contributed by atoms with Gasteiger partial charge in [0.1, 0.15) is 11.5 Å². The van der Waals surface area contributed by atoms with Gasteiger partial charge < -0.3 is 10.6 Å². The quantitative estimate of drug-likeness (QED) is 0.704. The number of pyridine rings is 1. The zero-order chi connectivity index (χ0) is 16.8. The van der Waals surface area contributed by atoms with E-state index in [1.807, 2.05) is 24.3 Å². The summed E-state index contributed by atoms with van der Waals surface area (Å²) in [7, 11) is 0. The van der Waals surface area contributed by atoms with Crippen molar-refractivity contribution < 1.29 is 4.79 Å². The van der Waals surface area contributed by atoms with Crippen molar-refractivity contribution in [3.05, 3.63) is 76.9 Å². The van der Waals surface area contributed by atoms with Gasteiger partial charge in [0.25, 0.3) is 5.91 Å². The number of hydrogen-bond donors (Lipinski definition) is 2. The Morgan fingerprint density at radius 3 is 2.42 bits per heavy atom. The molecule has 3 rings (SSSR count). The molecule has 120 valence electrons. The molecule has 0 saturated carbocycles. The molecule has 0 saturated heterocycles. The largest absolute Gasteiger partial charge is 0.365 e. The smallest absolute Gasteiger partial charge is 0.275 e. The minimum absolute atomic E-state index is 0.257. The van der Waals surface area contributed by atoms with Gasteiger partial charge in [-0.2, -0.15) is 0 Å². The summed E-state index contributed by atoms with van der Waals surface area (Å²) < 4.78 is 0.949. The molecule has 3 aromatic rings. The van der Waals surface area contributed by atoms with Crippen molar-refractivity contribution in [3.8, 4) is 0 Å². The lowest BCUT2D eigenvalue weighted by Gasteiger charge is -2.07. The Bertz CT molecular complexity index is 807. The Morgan fingerprint density at radius 2 is 1.75 bits per heavy atom. The molecule has 0 radical (unpaired) electrons. The summed E-state index contributed by atoms with van der Waals surface area (Å²) in [5.41, 5.74) is 2.04. The van der Waals surface area contributed by atoms with Crippen LogP contribution in [0, 0.1) is 0 Å². The van der Waals surface area contributed by atoms with Crippen LogP contribution >= 0.6 is 15.9 Å². The standard InChI is InChI=1S/C17H14BrN5O/c18-13-1-3-14(4-2-13)23-17(24)15-10-22-16(11-20-15)21-9-12-5-7-19-8-6-12/h1-8,10-11H,9H2,(H,21,22)(H,23,24). The summed E-state index contributed by atoms with van der Waals surface area (Å²) in [6, 6.07) is 11.2. The van der Waals surface area contributed by atoms with Crippen molar-refractivity contribution in [1.29, 1.82) is 0 Å². The molecule has 0 aliphatic rings. The van der Waals surface area contributed by atoms with Crippen molar-refractivity contribution in [3.63, 3.8) is 0 Å². The SMILES string of the molecule is O=C(Nc1ccc(Br)cc1)c1cnc(NCc2ccncc2)cn1. The lowest BCUT2D eigenvalue weighted by atomic mass is 10.3. The number of carbonyl (C=O) groups excluding carboxylic acids is 1. The molecule has 1 amide bonds. The summed E-state index contributed by atoms with van der Waals surface area (Å²) in [6.45, 7) is 0.613. The molecule has 7 heteroatoms. The van der Waals surface area contributed by atoms with Crippen molar-refractivity contribution in [2.24, 2.45) is 0 Å². The fraction of sp³-hybridized carbons (Fsp3) is 0.0588. The summed E-state index contributed by atoms with van der Waals surface area (Å²) >= 11 is 3.35. The van der Waals surface area contributed by atoms with Gasteiger partial charge in [0, 0.05) is 29.1 Å². The number of rotatable bonds is 5. The molecule has 0 aliphatic carbocycles. The average molecular weight is 384 g/mol. The molecular formula is C17H14BrN5O. The maximum absolute atomic E-state index is 12.1. The third-order valence-corrected chi connectivity index (χ3v) is 3.74. The number of benzene rings is 1. The molecule has 2 heterocycles. The topological polar surface area (TPSA) is 79.8 Å². The van der Waals surface area contributed by atoms with E-state index in [0.29, 0.717) is 18.1 Å². The van der Waals surface area contributed by atoms with Crippen LogP contribution in [0.1, 0.15) is 16.1 Å². The summed E-state index contributed by atoms with van der Waals surface area (Å²) in [6.07, 6.45) is 6.46. The Labute approximate surface area is 147 Å². The predicted molar refractivity (Wildman–Crippen MR) is 95.7 cm³/mol. The molecule has 2 N–H and O–H groups in total. The minimum atomic E-state index is -0.300. The van der Waals surface area contributed by atoms with E-state index in [4.69, 9.17) is 0 Å². The van der Waals surface area contributed by atoms with Gasteiger partial charge in [0.15, 0.2) is 0 Å². The normalized spacial score (nSPS) is 10.2. The number of anilines is 2. The van der Waals surface area contributed by atoms with Crippen LogP contribution in [-0.4, -0.2) is 20.9 Å². The van der Waals surface area contributed by atoms with E-state index in [0.717, 1.165) is 10.0 Å². The van der Waals surface area contributed by atoms with Crippen molar-refractivity contribution >= 4 is 33.3 Å². The second-order valence-electron chi connectivity index (χ2n) is 4.96. The fourth-order valence-electron chi connectivity index (χ4n) is 1.96. The number of nitrogens with one attached hydrogen (secondary N) is 2. The Morgan fingerprint density at radius 1 is 1.00 bits per heavy atom. The predicted octanol–water partition coefficient (Wildman–Crippen LogP) is 3.50. The van der Waals surface area contributed by atoms with Crippen LogP contribution in [0.15, 0.2) is 65.7 Å². The van der Waals surface area contributed by atoms with E-state index in [1.54, 1.807) is 24.5 Å². The monoisotopic (exact) mass is 383 g/mol. The molecular weight excluding hydrogens is 370 g/mol. The molecule has 6 nitrogen and oxygen atoms in total. The molecule has 1 aromatic carbocycles. The molecule has 24 heavy (non-hydrogen) atoms. The molecule has 0 unspecified atom stereocenters. The number of amides is 1. The summed E-state index contributed by atoms with van der Waals surface area (Å²) in [5, 5.41) is 5.92. The van der Waals surface area contributed by atoms with Gasteiger partial charge in [-0.05, 0) is 42.0 Å². The molecule has 0 spiro atoms. The van der Waals surface area contributed by atoms with Gasteiger partial charge in [0.2, 0.25) is 0 Å². The second kappa shape index (κ2) is 7.65. The Balaban J connectivity index is 1.59. The van der Waals surface area contributed by atoms with Gasteiger partial charge >= 0.3 is 0 Å². The van der Waals surface area contributed by atoms with Gasteiger partial charge in [-0.3, -0.25) is 9.78 Å². The molecule has 0 atom stereocenters. The first-order valence-corrected chi connectivity index (χ1v) is 8.02. The average Bonchev–Trinajstić information content (AvgIpc) is 2.63. The maximum atomic E-state index is 12.1. The number of halogens is 1. The highest BCUT2D eigenvalue weighted by molar-refractivity contribution is 9.10. The number of hydrogen-bond acceptors (Lipinski definition) is 5. The number of nitrogens with zero attached hydrogens (tertiary/aromatic N) is 3. The third-order valence-electron chi connectivity index (χ3n) is 3.21. The summed E-state index contributed by atoms with van der Waals surface area (Å²) in [4.78, 5) is 24.5. The molecule has 0 fully saturated rings. The zero-order valence-electron chi connectivity index (χ0n) is 12.6. The lowest BCUT2D eigenvalue weighted by molar-refractivity contribution is 0.102. The van der Waals surface area contributed by atoms with E-state index < -0.39 is 0 Å². The van der Waals surface area contributed by atoms with Gasteiger partial charge in [-0.15, -0.1) is 0 Å². The van der Waals surface area contributed by atoms with Crippen molar-refractivity contribution in [2.75, 3.05) is 10.6 Å². The lowest BCUT2D eigenvalue weighted by Crippen LogP contribution is -2.14. The van der Waals surface area contributed by atoms with Gasteiger partial charge in [0.05, 0.1) is 12.4 Å². The van der Waals surface area contributed by atoms with E-state index >= 15 is 0 Å². The van der Waals surface area contributed by atoms with Gasteiger partial charge in [-0.25, -0.2) is 9.97 Å². The first-order chi connectivity index (χ1) is 11.7. The Kier molecular flexibility index (Phi) is 5.12. The number of carbonyl (C=O) groups is 1. The molecule has 0 aliphatic heterocycles. The van der Waals surface area contributed by atoms with Crippen LogP contribution in [0.5, 0.6) is 0 Å². The van der Waals surface area contributed by atoms with Crippen LogP contribution in [0.25, 0.3) is 0 Å². The van der Waals surface area contributed by atoms with E-state index in [9.17, 15) is 4.79 Å². The van der Waals surface area contributed by atoms with E-state index in [2.05, 4.69) is 41.5 Å². The molecule has 0 bridgehead atoms. The van der Waals surface area contributed by atoms with Crippen molar-refractivity contribution in [2.45, 2.75) is 6.54 Å². The van der Waals surface area contributed by atoms with Gasteiger partial charge in [-0.1, -0.05) is 15.9 Å². The minimum Gasteiger partial charge on any atom is -0.365 e. The van der Waals surface area contributed by atoms with Crippen LogP contribution < -0.4 is 10.6 Å². The second-order valence-corrected chi connectivity index (χ2v) is 5.87.